The maximum absolute atomic E-state index is 12.0. The summed E-state index contributed by atoms with van der Waals surface area (Å²) in [7, 11) is 0. The smallest absolute Gasteiger partial charge is 0.265 e. The molecule has 2 aromatic rings. The number of carbonyl (C=O) groups is 1. The molecule has 1 aliphatic rings. The number of nitrogens with one attached hydrogen (secondary N) is 2. The Hall–Kier alpha value is -1.52. The van der Waals surface area contributed by atoms with Crippen LogP contribution in [0, 0.1) is 6.92 Å². The largest absolute Gasteiger partial charge is 0.384 e. The highest BCUT2D eigenvalue weighted by atomic mass is 35.5. The number of fused-ring (bicyclic) bond motifs is 1. The highest BCUT2D eigenvalue weighted by Crippen LogP contribution is 2.26. The summed E-state index contributed by atoms with van der Waals surface area (Å²) in [5.41, 5.74) is 3.32. The molecule has 1 amide bonds. The van der Waals surface area contributed by atoms with Crippen LogP contribution >= 0.6 is 23.7 Å². The predicted molar refractivity (Wildman–Crippen MR) is 82.9 cm³/mol. The number of hydrogen-bond donors (Lipinski definition) is 2. The summed E-state index contributed by atoms with van der Waals surface area (Å²) in [5, 5.41) is 6.25. The average Bonchev–Trinajstić information content (AvgIpc) is 2.96. The summed E-state index contributed by atoms with van der Waals surface area (Å²) in [4.78, 5) is 13.9. The molecule has 2 heterocycles. The molecule has 3 rings (SSSR count). The van der Waals surface area contributed by atoms with Crippen LogP contribution in [0.5, 0.6) is 0 Å². The molecule has 0 saturated heterocycles. The van der Waals surface area contributed by atoms with Crippen LogP contribution < -0.4 is 10.6 Å². The fourth-order valence-corrected chi connectivity index (χ4v) is 2.89. The summed E-state index contributed by atoms with van der Waals surface area (Å²) in [5.74, 6) is -0.0287. The second-order valence-corrected chi connectivity index (χ2v) is 5.70. The minimum atomic E-state index is -0.0287. The van der Waals surface area contributed by atoms with Crippen molar-refractivity contribution in [3.63, 3.8) is 0 Å². The van der Waals surface area contributed by atoms with Crippen LogP contribution in [0.3, 0.4) is 0 Å². The molecule has 1 aromatic carbocycles. The van der Waals surface area contributed by atoms with Gasteiger partial charge in [-0.15, -0.1) is 23.7 Å². The Balaban J connectivity index is 0.00000133. The molecule has 5 heteroatoms. The minimum Gasteiger partial charge on any atom is -0.384 e. The van der Waals surface area contributed by atoms with Gasteiger partial charge in [-0.2, -0.15) is 0 Å². The summed E-state index contributed by atoms with van der Waals surface area (Å²) in [6.45, 7) is 2.99. The van der Waals surface area contributed by atoms with Gasteiger partial charge in [-0.25, -0.2) is 0 Å². The molecular weight excluding hydrogens is 280 g/mol. The number of amides is 1. The average molecular weight is 295 g/mol. The van der Waals surface area contributed by atoms with Crippen molar-refractivity contribution in [2.45, 2.75) is 13.3 Å². The van der Waals surface area contributed by atoms with Gasteiger partial charge in [-0.3, -0.25) is 4.79 Å². The Morgan fingerprint density at radius 3 is 2.89 bits per heavy atom. The van der Waals surface area contributed by atoms with Gasteiger partial charge in [0, 0.05) is 22.8 Å². The van der Waals surface area contributed by atoms with Gasteiger partial charge in [0.25, 0.3) is 5.91 Å². The maximum atomic E-state index is 12.0. The van der Waals surface area contributed by atoms with E-state index in [2.05, 4.69) is 10.6 Å². The van der Waals surface area contributed by atoms with Crippen molar-refractivity contribution in [2.24, 2.45) is 0 Å². The van der Waals surface area contributed by atoms with Crippen LogP contribution in [0.2, 0.25) is 0 Å². The van der Waals surface area contributed by atoms with Gasteiger partial charge >= 0.3 is 0 Å². The molecule has 0 radical (unpaired) electrons. The fourth-order valence-electron chi connectivity index (χ4n) is 2.13. The zero-order chi connectivity index (χ0) is 12.5. The third kappa shape index (κ3) is 2.91. The maximum Gasteiger partial charge on any atom is 0.265 e. The number of hydrogen-bond acceptors (Lipinski definition) is 3. The summed E-state index contributed by atoms with van der Waals surface area (Å²) >= 11 is 1.52. The van der Waals surface area contributed by atoms with Crippen LogP contribution in [-0.4, -0.2) is 12.5 Å². The van der Waals surface area contributed by atoms with Crippen LogP contribution in [0.1, 0.15) is 20.1 Å². The molecule has 0 unspecified atom stereocenters. The molecule has 19 heavy (non-hydrogen) atoms. The molecular formula is C14H15ClN2OS. The number of anilines is 2. The second kappa shape index (κ2) is 5.63. The molecule has 1 aromatic heterocycles. The Morgan fingerprint density at radius 2 is 2.16 bits per heavy atom. The second-order valence-electron chi connectivity index (χ2n) is 4.41. The molecule has 1 aliphatic heterocycles. The third-order valence-corrected chi connectivity index (χ3v) is 4.04. The van der Waals surface area contributed by atoms with Crippen LogP contribution in [0.15, 0.2) is 30.3 Å². The zero-order valence-electron chi connectivity index (χ0n) is 10.5. The first-order valence-electron chi connectivity index (χ1n) is 5.97. The van der Waals surface area contributed by atoms with Crippen LogP contribution in [0.4, 0.5) is 11.4 Å². The Bertz CT molecular complexity index is 609. The van der Waals surface area contributed by atoms with Crippen molar-refractivity contribution >= 4 is 41.0 Å². The lowest BCUT2D eigenvalue weighted by Gasteiger charge is -2.06. The number of aryl methyl sites for hydroxylation is 1. The predicted octanol–water partition coefficient (Wildman–Crippen LogP) is 3.70. The number of benzene rings is 1. The first kappa shape index (κ1) is 13.9. The number of carbonyl (C=O) groups excluding carboxylic acids is 1. The van der Waals surface area contributed by atoms with E-state index in [0.29, 0.717) is 0 Å². The van der Waals surface area contributed by atoms with Crippen molar-refractivity contribution in [3.8, 4) is 0 Å². The quantitative estimate of drug-likeness (QED) is 0.887. The molecule has 0 bridgehead atoms. The third-order valence-electron chi connectivity index (χ3n) is 3.04. The van der Waals surface area contributed by atoms with E-state index in [4.69, 9.17) is 0 Å². The topological polar surface area (TPSA) is 41.1 Å². The molecule has 0 aliphatic carbocycles. The zero-order valence-corrected chi connectivity index (χ0v) is 12.2. The van der Waals surface area contributed by atoms with Crippen LogP contribution in [0.25, 0.3) is 0 Å². The van der Waals surface area contributed by atoms with E-state index in [9.17, 15) is 4.79 Å². The number of thiophene rings is 1. The number of rotatable bonds is 2. The SMILES string of the molecule is Cc1ccc(C(=O)Nc2ccc3c(c2)CCN3)s1.Cl. The van der Waals surface area contributed by atoms with E-state index in [0.717, 1.165) is 28.4 Å². The van der Waals surface area contributed by atoms with Crippen molar-refractivity contribution in [1.29, 1.82) is 0 Å². The first-order valence-corrected chi connectivity index (χ1v) is 6.78. The van der Waals surface area contributed by atoms with Gasteiger partial charge in [0.2, 0.25) is 0 Å². The Labute approximate surface area is 122 Å². The summed E-state index contributed by atoms with van der Waals surface area (Å²) in [6.07, 6.45) is 1.02. The van der Waals surface area contributed by atoms with Gasteiger partial charge < -0.3 is 10.6 Å². The monoisotopic (exact) mass is 294 g/mol. The molecule has 2 N–H and O–H groups in total. The molecule has 3 nitrogen and oxygen atoms in total. The van der Waals surface area contributed by atoms with E-state index in [1.807, 2.05) is 37.3 Å². The van der Waals surface area contributed by atoms with E-state index in [1.54, 1.807) is 0 Å². The number of halogens is 1. The van der Waals surface area contributed by atoms with Crippen molar-refractivity contribution in [2.75, 3.05) is 17.2 Å². The van der Waals surface area contributed by atoms with Gasteiger partial charge in [0.05, 0.1) is 4.88 Å². The highest BCUT2D eigenvalue weighted by molar-refractivity contribution is 7.14. The van der Waals surface area contributed by atoms with Gasteiger partial charge in [-0.05, 0) is 49.2 Å². The first-order chi connectivity index (χ1) is 8.72. The molecule has 100 valence electrons. The van der Waals surface area contributed by atoms with Crippen molar-refractivity contribution in [1.82, 2.24) is 0 Å². The lowest BCUT2D eigenvalue weighted by molar-refractivity contribution is 0.103. The highest BCUT2D eigenvalue weighted by Gasteiger charge is 2.12. The molecule has 0 spiro atoms. The van der Waals surface area contributed by atoms with E-state index in [-0.39, 0.29) is 18.3 Å². The molecule has 0 atom stereocenters. The van der Waals surface area contributed by atoms with E-state index < -0.39 is 0 Å². The van der Waals surface area contributed by atoms with E-state index >= 15 is 0 Å². The van der Waals surface area contributed by atoms with Gasteiger partial charge in [0.15, 0.2) is 0 Å². The normalized spacial score (nSPS) is 12.3. The van der Waals surface area contributed by atoms with Gasteiger partial charge in [-0.1, -0.05) is 0 Å². The lowest BCUT2D eigenvalue weighted by Crippen LogP contribution is -2.10. The molecule has 0 fully saturated rings. The standard InChI is InChI=1S/C14H14N2OS.ClH/c1-9-2-5-13(18-9)14(17)16-11-3-4-12-10(8-11)6-7-15-12;/h2-5,8,15H,6-7H2,1H3,(H,16,17);1H. The van der Waals surface area contributed by atoms with Crippen molar-refractivity contribution in [3.05, 3.63) is 45.6 Å². The van der Waals surface area contributed by atoms with Crippen molar-refractivity contribution < 1.29 is 4.79 Å². The summed E-state index contributed by atoms with van der Waals surface area (Å²) in [6, 6.07) is 9.84. The molecule has 0 saturated carbocycles. The fraction of sp³-hybridized carbons (Fsp3) is 0.214. The van der Waals surface area contributed by atoms with Gasteiger partial charge in [0.1, 0.15) is 0 Å². The van der Waals surface area contributed by atoms with Crippen LogP contribution in [-0.2, 0) is 6.42 Å². The Morgan fingerprint density at radius 1 is 1.32 bits per heavy atom. The minimum absolute atomic E-state index is 0. The lowest BCUT2D eigenvalue weighted by atomic mass is 10.1. The summed E-state index contributed by atoms with van der Waals surface area (Å²) < 4.78 is 0. The van der Waals surface area contributed by atoms with E-state index in [1.165, 1.54) is 22.6 Å². The Kier molecular flexibility index (Phi) is 4.12.